The van der Waals surface area contributed by atoms with Crippen molar-refractivity contribution in [1.82, 2.24) is 5.32 Å². The molecule has 0 bridgehead atoms. The summed E-state index contributed by atoms with van der Waals surface area (Å²) in [6.45, 7) is 6.74. The molecule has 0 unspecified atom stereocenters. The predicted molar refractivity (Wildman–Crippen MR) is 150 cm³/mol. The van der Waals surface area contributed by atoms with E-state index in [2.05, 4.69) is 50.4 Å². The van der Waals surface area contributed by atoms with Crippen LogP contribution in [0, 0.1) is 11.8 Å². The third-order valence-electron chi connectivity index (χ3n) is 8.13. The Morgan fingerprint density at radius 2 is 1.39 bits per heavy atom. The van der Waals surface area contributed by atoms with Crippen LogP contribution in [-0.4, -0.2) is 25.3 Å². The summed E-state index contributed by atoms with van der Waals surface area (Å²) in [4.78, 5) is 26.6. The lowest BCUT2D eigenvalue weighted by Gasteiger charge is -2.44. The van der Waals surface area contributed by atoms with Crippen LogP contribution in [0.1, 0.15) is 68.7 Å². The van der Waals surface area contributed by atoms with Crippen LogP contribution >= 0.6 is 0 Å². The highest BCUT2D eigenvalue weighted by atomic mass is 16.5. The van der Waals surface area contributed by atoms with Gasteiger partial charge in [-0.15, -0.1) is 0 Å². The molecular weight excluding hydrogens is 474 g/mol. The molecule has 1 aliphatic carbocycles. The van der Waals surface area contributed by atoms with Crippen molar-refractivity contribution in [3.8, 4) is 0 Å². The lowest BCUT2D eigenvalue weighted by molar-refractivity contribution is -0.159. The van der Waals surface area contributed by atoms with Crippen LogP contribution < -0.4 is 5.32 Å². The first kappa shape index (κ1) is 27.4. The van der Waals surface area contributed by atoms with Gasteiger partial charge in [0.25, 0.3) is 0 Å². The third-order valence-corrected chi connectivity index (χ3v) is 8.13. The fourth-order valence-corrected chi connectivity index (χ4v) is 5.92. The van der Waals surface area contributed by atoms with E-state index in [0.717, 1.165) is 30.4 Å². The van der Waals surface area contributed by atoms with Gasteiger partial charge in [0.2, 0.25) is 0 Å². The highest BCUT2D eigenvalue weighted by molar-refractivity contribution is 5.81. The molecule has 38 heavy (non-hydrogen) atoms. The molecule has 5 nitrogen and oxygen atoms in total. The molecule has 3 aromatic rings. The number of hydrogen-bond donors (Lipinski definition) is 1. The number of nitrogens with one attached hydrogen (secondary N) is 1. The number of methoxy groups -OCH3 is 1. The third kappa shape index (κ3) is 6.27. The molecule has 1 saturated carbocycles. The molecule has 1 amide bonds. The summed E-state index contributed by atoms with van der Waals surface area (Å²) in [6.07, 6.45) is 2.08. The summed E-state index contributed by atoms with van der Waals surface area (Å²) >= 11 is 0. The van der Waals surface area contributed by atoms with E-state index in [0.29, 0.717) is 5.92 Å². The first-order valence-corrected chi connectivity index (χ1v) is 13.5. The van der Waals surface area contributed by atoms with Crippen LogP contribution in [0.2, 0.25) is 0 Å². The molecule has 0 saturated heterocycles. The van der Waals surface area contributed by atoms with Crippen molar-refractivity contribution < 1.29 is 19.1 Å². The van der Waals surface area contributed by atoms with Crippen molar-refractivity contribution in [2.45, 2.75) is 63.5 Å². The van der Waals surface area contributed by atoms with Crippen LogP contribution in [0.4, 0.5) is 4.79 Å². The Bertz CT molecular complexity index is 1180. The number of esters is 1. The second-order valence-corrected chi connectivity index (χ2v) is 11.0. The summed E-state index contributed by atoms with van der Waals surface area (Å²) in [7, 11) is 1.33. The molecule has 0 radical (unpaired) electrons. The number of alkyl carbamates (subject to hydrolysis) is 1. The molecule has 0 aromatic heterocycles. The average molecular weight is 514 g/mol. The van der Waals surface area contributed by atoms with Gasteiger partial charge in [0.15, 0.2) is 0 Å². The Hall–Kier alpha value is -3.60. The number of benzene rings is 3. The number of carbonyl (C=O) groups excluding carboxylic acids is 2. The fourth-order valence-electron chi connectivity index (χ4n) is 5.92. The average Bonchev–Trinajstić information content (AvgIpc) is 2.94. The number of ether oxygens (including phenoxy) is 2. The topological polar surface area (TPSA) is 64.6 Å². The molecule has 4 rings (SSSR count). The van der Waals surface area contributed by atoms with Gasteiger partial charge in [0.05, 0.1) is 13.2 Å². The molecule has 0 spiro atoms. The van der Waals surface area contributed by atoms with Crippen molar-refractivity contribution in [3.05, 3.63) is 108 Å². The lowest BCUT2D eigenvalue weighted by Crippen LogP contribution is -2.45. The zero-order chi connectivity index (χ0) is 27.1. The second-order valence-electron chi connectivity index (χ2n) is 11.0. The molecule has 0 heterocycles. The van der Waals surface area contributed by atoms with Crippen LogP contribution in [0.5, 0.6) is 0 Å². The minimum Gasteiger partial charge on any atom is -0.462 e. The summed E-state index contributed by atoms with van der Waals surface area (Å²) in [5, 5.41) is 2.91. The van der Waals surface area contributed by atoms with E-state index < -0.39 is 18.1 Å². The van der Waals surface area contributed by atoms with Gasteiger partial charge in [0, 0.05) is 5.92 Å². The smallest absolute Gasteiger partial charge is 0.407 e. The second kappa shape index (κ2) is 12.3. The summed E-state index contributed by atoms with van der Waals surface area (Å²) in [6, 6.07) is 28.9. The largest absolute Gasteiger partial charge is 0.462 e. The van der Waals surface area contributed by atoms with Crippen LogP contribution in [0.15, 0.2) is 91.0 Å². The minimum absolute atomic E-state index is 0.169. The number of rotatable bonds is 8. The molecule has 1 fully saturated rings. The quantitative estimate of drug-likeness (QED) is 0.324. The predicted octanol–water partition coefficient (Wildman–Crippen LogP) is 7.19. The fraction of sp³-hybridized carbons (Fsp3) is 0.394. The maximum absolute atomic E-state index is 14.2. The first-order chi connectivity index (χ1) is 18.3. The summed E-state index contributed by atoms with van der Waals surface area (Å²) in [5.41, 5.74) is 2.67. The maximum atomic E-state index is 14.2. The SMILES string of the molecule is COC(=O)N[C@@H](c1ccccc1)[C@@H](C(=O)O[C@@H]1C[C@H](C)CC[C@H]1C(C)(C)c1ccccc1)c1ccccc1. The molecule has 5 atom stereocenters. The standard InChI is InChI=1S/C33H39NO4/c1-23-20-21-27(33(2,3)26-18-12-7-13-19-26)28(22-23)38-31(35)29(24-14-8-5-9-15-24)30(34-32(36)37-4)25-16-10-6-11-17-25/h5-19,23,27-30H,20-22H2,1-4H3,(H,34,36)/t23-,27-,28-,29+,30+/m1/s1. The van der Waals surface area contributed by atoms with Crippen molar-refractivity contribution in [2.24, 2.45) is 11.8 Å². The zero-order valence-electron chi connectivity index (χ0n) is 22.8. The number of hydrogen-bond acceptors (Lipinski definition) is 4. The van der Waals surface area contributed by atoms with E-state index in [9.17, 15) is 9.59 Å². The van der Waals surface area contributed by atoms with E-state index in [-0.39, 0.29) is 23.4 Å². The lowest BCUT2D eigenvalue weighted by atomic mass is 9.64. The van der Waals surface area contributed by atoms with E-state index in [1.54, 1.807) is 0 Å². The molecular formula is C33H39NO4. The normalized spacial score (nSPS) is 21.1. The van der Waals surface area contributed by atoms with Gasteiger partial charge >= 0.3 is 12.1 Å². The molecule has 0 aliphatic heterocycles. The van der Waals surface area contributed by atoms with Crippen molar-refractivity contribution in [2.75, 3.05) is 7.11 Å². The number of carbonyl (C=O) groups is 2. The van der Waals surface area contributed by atoms with E-state index in [1.165, 1.54) is 12.7 Å². The summed E-state index contributed by atoms with van der Waals surface area (Å²) < 4.78 is 11.4. The van der Waals surface area contributed by atoms with Gasteiger partial charge in [-0.25, -0.2) is 4.79 Å². The van der Waals surface area contributed by atoms with Gasteiger partial charge < -0.3 is 14.8 Å². The Balaban J connectivity index is 1.70. The highest BCUT2D eigenvalue weighted by Gasteiger charge is 2.44. The molecule has 1 aliphatic rings. The zero-order valence-corrected chi connectivity index (χ0v) is 22.8. The van der Waals surface area contributed by atoms with Crippen LogP contribution in [0.25, 0.3) is 0 Å². The van der Waals surface area contributed by atoms with Crippen LogP contribution in [-0.2, 0) is 19.7 Å². The Kier molecular flexibility index (Phi) is 8.88. The maximum Gasteiger partial charge on any atom is 0.407 e. The van der Waals surface area contributed by atoms with Crippen molar-refractivity contribution >= 4 is 12.1 Å². The molecule has 200 valence electrons. The van der Waals surface area contributed by atoms with Crippen molar-refractivity contribution in [3.63, 3.8) is 0 Å². The van der Waals surface area contributed by atoms with E-state index >= 15 is 0 Å². The van der Waals surface area contributed by atoms with Gasteiger partial charge in [-0.05, 0) is 40.9 Å². The van der Waals surface area contributed by atoms with Gasteiger partial charge in [-0.1, -0.05) is 118 Å². The van der Waals surface area contributed by atoms with E-state index in [1.807, 2.05) is 66.7 Å². The first-order valence-electron chi connectivity index (χ1n) is 13.5. The Morgan fingerprint density at radius 3 is 1.97 bits per heavy atom. The highest BCUT2D eigenvalue weighted by Crippen LogP contribution is 2.44. The molecule has 1 N–H and O–H groups in total. The Labute approximate surface area is 226 Å². The monoisotopic (exact) mass is 513 g/mol. The van der Waals surface area contributed by atoms with E-state index in [4.69, 9.17) is 9.47 Å². The Morgan fingerprint density at radius 1 is 0.842 bits per heavy atom. The molecule has 5 heteroatoms. The summed E-state index contributed by atoms with van der Waals surface area (Å²) in [5.74, 6) is -0.445. The molecule has 3 aromatic carbocycles. The van der Waals surface area contributed by atoms with Crippen LogP contribution in [0.3, 0.4) is 0 Å². The van der Waals surface area contributed by atoms with Gasteiger partial charge in [-0.3, -0.25) is 4.79 Å². The number of amides is 1. The van der Waals surface area contributed by atoms with Gasteiger partial charge in [-0.2, -0.15) is 0 Å². The van der Waals surface area contributed by atoms with Crippen molar-refractivity contribution in [1.29, 1.82) is 0 Å². The minimum atomic E-state index is -0.740. The van der Waals surface area contributed by atoms with Gasteiger partial charge in [0.1, 0.15) is 12.0 Å².